The summed E-state index contributed by atoms with van der Waals surface area (Å²) < 4.78 is 1.83. The molecule has 26 heavy (non-hydrogen) atoms. The summed E-state index contributed by atoms with van der Waals surface area (Å²) in [5, 5.41) is 19.8. The van der Waals surface area contributed by atoms with E-state index in [-0.39, 0.29) is 5.91 Å². The summed E-state index contributed by atoms with van der Waals surface area (Å²) in [6, 6.07) is 13.0. The largest absolute Gasteiger partial charge is 0.318 e. The van der Waals surface area contributed by atoms with E-state index in [1.54, 1.807) is 12.4 Å². The minimum atomic E-state index is -0.450. The van der Waals surface area contributed by atoms with E-state index in [9.17, 15) is 4.79 Å². The van der Waals surface area contributed by atoms with Crippen molar-refractivity contribution in [1.82, 2.24) is 19.7 Å². The Bertz CT molecular complexity index is 1180. The molecule has 1 unspecified atom stereocenters. The van der Waals surface area contributed by atoms with Gasteiger partial charge >= 0.3 is 0 Å². The van der Waals surface area contributed by atoms with E-state index in [0.29, 0.717) is 16.9 Å². The zero-order valence-electron chi connectivity index (χ0n) is 14.3. The highest BCUT2D eigenvalue weighted by molar-refractivity contribution is 6.01. The number of carbonyl (C=O) groups excluding carboxylic acids is 1. The molecule has 2 aromatic carbocycles. The molecule has 0 aliphatic rings. The number of aryl methyl sites for hydroxylation is 1. The standard InChI is InChI=1S/C19H16N6O/c1-11-7-14-16(8-13(11)9-20)23-24-18(14)22-19(26)12(2)25-10-21-15-5-3-4-6-17(15)25/h3-8,10,12H,1-2H3,(H2,22,23,24,26). The van der Waals surface area contributed by atoms with Crippen LogP contribution in [0.3, 0.4) is 0 Å². The van der Waals surface area contributed by atoms with Gasteiger partial charge in [-0.15, -0.1) is 0 Å². The number of nitrogens with one attached hydrogen (secondary N) is 2. The van der Waals surface area contributed by atoms with E-state index < -0.39 is 6.04 Å². The van der Waals surface area contributed by atoms with Crippen molar-refractivity contribution >= 4 is 33.7 Å². The van der Waals surface area contributed by atoms with Crippen LogP contribution in [0.4, 0.5) is 5.82 Å². The molecule has 2 heterocycles. The number of fused-ring (bicyclic) bond motifs is 2. The highest BCUT2D eigenvalue weighted by Crippen LogP contribution is 2.25. The number of hydrogen-bond acceptors (Lipinski definition) is 4. The predicted octanol–water partition coefficient (Wildman–Crippen LogP) is 3.29. The summed E-state index contributed by atoms with van der Waals surface area (Å²) >= 11 is 0. The van der Waals surface area contributed by atoms with Crippen molar-refractivity contribution in [2.75, 3.05) is 5.32 Å². The fourth-order valence-corrected chi connectivity index (χ4v) is 3.02. The Morgan fingerprint density at radius 2 is 2.15 bits per heavy atom. The fraction of sp³-hybridized carbons (Fsp3) is 0.158. The summed E-state index contributed by atoms with van der Waals surface area (Å²) in [4.78, 5) is 17.1. The predicted molar refractivity (Wildman–Crippen MR) is 98.6 cm³/mol. The van der Waals surface area contributed by atoms with Crippen LogP contribution in [-0.2, 0) is 4.79 Å². The van der Waals surface area contributed by atoms with E-state index in [4.69, 9.17) is 5.26 Å². The van der Waals surface area contributed by atoms with Gasteiger partial charge in [-0.1, -0.05) is 12.1 Å². The summed E-state index contributed by atoms with van der Waals surface area (Å²) in [6.45, 7) is 3.67. The van der Waals surface area contributed by atoms with Gasteiger partial charge in [-0.2, -0.15) is 10.4 Å². The minimum absolute atomic E-state index is 0.191. The van der Waals surface area contributed by atoms with Crippen LogP contribution in [0.15, 0.2) is 42.7 Å². The number of hydrogen-bond donors (Lipinski definition) is 2. The van der Waals surface area contributed by atoms with Crippen LogP contribution in [0.25, 0.3) is 21.9 Å². The summed E-state index contributed by atoms with van der Waals surface area (Å²) in [6.07, 6.45) is 1.67. The van der Waals surface area contributed by atoms with Crippen LogP contribution in [0.5, 0.6) is 0 Å². The monoisotopic (exact) mass is 344 g/mol. The molecule has 1 atom stereocenters. The van der Waals surface area contributed by atoms with Crippen LogP contribution in [0, 0.1) is 18.3 Å². The molecular formula is C19H16N6O. The lowest BCUT2D eigenvalue weighted by atomic mass is 10.1. The lowest BCUT2D eigenvalue weighted by Gasteiger charge is -2.13. The average Bonchev–Trinajstić information content (AvgIpc) is 3.24. The van der Waals surface area contributed by atoms with Crippen LogP contribution < -0.4 is 5.32 Å². The minimum Gasteiger partial charge on any atom is -0.318 e. The normalized spacial score (nSPS) is 12.2. The molecule has 7 nitrogen and oxygen atoms in total. The van der Waals surface area contributed by atoms with Crippen molar-refractivity contribution in [3.63, 3.8) is 0 Å². The summed E-state index contributed by atoms with van der Waals surface area (Å²) in [7, 11) is 0. The molecule has 0 saturated carbocycles. The number of amides is 1. The van der Waals surface area contributed by atoms with Gasteiger partial charge in [0.25, 0.3) is 0 Å². The van der Waals surface area contributed by atoms with Crippen LogP contribution >= 0.6 is 0 Å². The summed E-state index contributed by atoms with van der Waals surface area (Å²) in [5.74, 6) is 0.262. The van der Waals surface area contributed by atoms with E-state index >= 15 is 0 Å². The fourth-order valence-electron chi connectivity index (χ4n) is 3.02. The van der Waals surface area contributed by atoms with Gasteiger partial charge in [-0.05, 0) is 43.7 Å². The van der Waals surface area contributed by atoms with E-state index in [1.165, 1.54) is 0 Å². The summed E-state index contributed by atoms with van der Waals surface area (Å²) in [5.41, 5.74) is 3.87. The highest BCUT2D eigenvalue weighted by Gasteiger charge is 2.19. The third kappa shape index (κ3) is 2.48. The lowest BCUT2D eigenvalue weighted by Crippen LogP contribution is -2.23. The maximum Gasteiger partial charge on any atom is 0.248 e. The smallest absolute Gasteiger partial charge is 0.248 e. The van der Waals surface area contributed by atoms with Gasteiger partial charge in [0.15, 0.2) is 5.82 Å². The Morgan fingerprint density at radius 3 is 2.96 bits per heavy atom. The molecule has 0 fully saturated rings. The molecule has 4 aromatic rings. The van der Waals surface area contributed by atoms with Crippen LogP contribution in [0.2, 0.25) is 0 Å². The molecule has 0 bridgehead atoms. The first-order chi connectivity index (χ1) is 12.6. The lowest BCUT2D eigenvalue weighted by molar-refractivity contribution is -0.118. The number of para-hydroxylation sites is 2. The Labute approximate surface area is 149 Å². The molecule has 4 rings (SSSR count). The number of nitriles is 1. The van der Waals surface area contributed by atoms with Gasteiger partial charge in [0, 0.05) is 5.39 Å². The van der Waals surface area contributed by atoms with E-state index in [0.717, 1.165) is 22.0 Å². The SMILES string of the molecule is Cc1cc2c(NC(=O)C(C)n3cnc4ccccc43)n[nH]c2cc1C#N. The Kier molecular flexibility index (Phi) is 3.66. The van der Waals surface area contributed by atoms with E-state index in [1.807, 2.05) is 48.7 Å². The van der Waals surface area contributed by atoms with Gasteiger partial charge in [-0.25, -0.2) is 4.98 Å². The number of carbonyl (C=O) groups is 1. The van der Waals surface area contributed by atoms with Crippen molar-refractivity contribution in [2.24, 2.45) is 0 Å². The quantitative estimate of drug-likeness (QED) is 0.595. The molecule has 2 N–H and O–H groups in total. The van der Waals surface area contributed by atoms with Gasteiger partial charge in [0.05, 0.1) is 34.5 Å². The first-order valence-electron chi connectivity index (χ1n) is 8.19. The Balaban J connectivity index is 1.65. The number of imidazole rings is 1. The van der Waals surface area contributed by atoms with Crippen LogP contribution in [0.1, 0.15) is 24.1 Å². The molecule has 1 amide bonds. The van der Waals surface area contributed by atoms with Crippen molar-refractivity contribution < 1.29 is 4.79 Å². The molecule has 0 aliphatic carbocycles. The first kappa shape index (κ1) is 15.8. The molecule has 0 aliphatic heterocycles. The molecule has 0 saturated heterocycles. The van der Waals surface area contributed by atoms with Crippen molar-refractivity contribution in [3.8, 4) is 6.07 Å². The Hall–Kier alpha value is -3.66. The van der Waals surface area contributed by atoms with Gasteiger partial charge < -0.3 is 9.88 Å². The van der Waals surface area contributed by atoms with Crippen molar-refractivity contribution in [1.29, 1.82) is 5.26 Å². The molecule has 128 valence electrons. The zero-order chi connectivity index (χ0) is 18.3. The number of H-pyrrole nitrogens is 1. The molecule has 2 aromatic heterocycles. The van der Waals surface area contributed by atoms with Gasteiger partial charge in [0.2, 0.25) is 5.91 Å². The maximum absolute atomic E-state index is 12.7. The topological polar surface area (TPSA) is 99.4 Å². The van der Waals surface area contributed by atoms with E-state index in [2.05, 4.69) is 26.6 Å². The third-order valence-electron chi connectivity index (χ3n) is 4.55. The van der Waals surface area contributed by atoms with Crippen molar-refractivity contribution in [2.45, 2.75) is 19.9 Å². The Morgan fingerprint density at radius 1 is 1.35 bits per heavy atom. The highest BCUT2D eigenvalue weighted by atomic mass is 16.2. The molecule has 0 radical (unpaired) electrons. The molecular weight excluding hydrogens is 328 g/mol. The second-order valence-corrected chi connectivity index (χ2v) is 6.20. The number of benzene rings is 2. The number of nitrogens with zero attached hydrogens (tertiary/aromatic N) is 4. The van der Waals surface area contributed by atoms with Gasteiger partial charge in [-0.3, -0.25) is 9.89 Å². The second-order valence-electron chi connectivity index (χ2n) is 6.20. The molecule has 0 spiro atoms. The maximum atomic E-state index is 12.7. The average molecular weight is 344 g/mol. The number of aromatic nitrogens is 4. The van der Waals surface area contributed by atoms with Crippen LogP contribution in [-0.4, -0.2) is 25.7 Å². The second kappa shape index (κ2) is 6.01. The molecule has 7 heteroatoms. The number of anilines is 1. The van der Waals surface area contributed by atoms with Crippen molar-refractivity contribution in [3.05, 3.63) is 53.9 Å². The number of rotatable bonds is 3. The first-order valence-corrected chi connectivity index (χ1v) is 8.19. The third-order valence-corrected chi connectivity index (χ3v) is 4.55. The van der Waals surface area contributed by atoms with Gasteiger partial charge in [0.1, 0.15) is 6.04 Å². The zero-order valence-corrected chi connectivity index (χ0v) is 14.3. The number of aromatic amines is 1.